The second kappa shape index (κ2) is 9.07. The van der Waals surface area contributed by atoms with Crippen LogP contribution in [0.1, 0.15) is 11.4 Å². The monoisotopic (exact) mass is 465 g/mol. The van der Waals surface area contributed by atoms with Crippen LogP contribution in [0.2, 0.25) is 0 Å². The molecule has 0 aliphatic carbocycles. The third kappa shape index (κ3) is 5.23. The number of carbonyl (C=O) groups excluding carboxylic acids is 1. The van der Waals surface area contributed by atoms with Crippen molar-refractivity contribution >= 4 is 39.3 Å². The van der Waals surface area contributed by atoms with Crippen molar-refractivity contribution in [3.63, 3.8) is 0 Å². The highest BCUT2D eigenvalue weighted by molar-refractivity contribution is 9.10. The van der Waals surface area contributed by atoms with Gasteiger partial charge in [-0.3, -0.25) is 4.79 Å². The van der Waals surface area contributed by atoms with Gasteiger partial charge in [0.1, 0.15) is 18.2 Å². The van der Waals surface area contributed by atoms with Crippen molar-refractivity contribution in [2.75, 3.05) is 16.9 Å². The molecule has 3 N–H and O–H groups in total. The number of nitrogens with two attached hydrogens (primary N) is 1. The van der Waals surface area contributed by atoms with Gasteiger partial charge in [-0.15, -0.1) is 10.2 Å². The molecule has 0 saturated heterocycles. The van der Waals surface area contributed by atoms with Gasteiger partial charge in [0.25, 0.3) is 0 Å². The fourth-order valence-electron chi connectivity index (χ4n) is 2.27. The fraction of sp³-hybridized carbons (Fsp3) is 0.167. The van der Waals surface area contributed by atoms with Crippen molar-refractivity contribution in [1.82, 2.24) is 14.9 Å². The van der Waals surface area contributed by atoms with Crippen LogP contribution in [0.15, 0.2) is 52.1 Å². The van der Waals surface area contributed by atoms with Crippen LogP contribution in [0, 0.1) is 12.7 Å². The van der Waals surface area contributed by atoms with E-state index in [9.17, 15) is 9.18 Å². The molecule has 146 valence electrons. The summed E-state index contributed by atoms with van der Waals surface area (Å²) in [7, 11) is 0. The summed E-state index contributed by atoms with van der Waals surface area (Å²) in [4.78, 5) is 12.2. The number of rotatable bonds is 7. The predicted octanol–water partition coefficient (Wildman–Crippen LogP) is 3.51. The zero-order valence-corrected chi connectivity index (χ0v) is 17.3. The highest BCUT2D eigenvalue weighted by Gasteiger charge is 2.13. The maximum Gasteiger partial charge on any atom is 0.234 e. The second-order valence-electron chi connectivity index (χ2n) is 5.81. The van der Waals surface area contributed by atoms with E-state index in [1.54, 1.807) is 0 Å². The van der Waals surface area contributed by atoms with Crippen LogP contribution in [0.25, 0.3) is 0 Å². The van der Waals surface area contributed by atoms with Crippen molar-refractivity contribution in [1.29, 1.82) is 0 Å². The van der Waals surface area contributed by atoms with Gasteiger partial charge in [0.05, 0.1) is 5.75 Å². The van der Waals surface area contributed by atoms with E-state index in [-0.39, 0.29) is 24.1 Å². The number of nitrogens with one attached hydrogen (secondary N) is 1. The SMILES string of the molecule is Cc1cc(Br)ccc1NC(=O)CSc1nnc(COc2ccc(F)cc2)n1N. The number of anilines is 1. The molecule has 0 aliphatic rings. The summed E-state index contributed by atoms with van der Waals surface area (Å²) in [5.74, 6) is 6.45. The molecule has 0 saturated carbocycles. The van der Waals surface area contributed by atoms with Gasteiger partial charge in [-0.2, -0.15) is 0 Å². The number of aryl methyl sites for hydroxylation is 1. The first kappa shape index (κ1) is 20.2. The molecule has 28 heavy (non-hydrogen) atoms. The smallest absolute Gasteiger partial charge is 0.234 e. The van der Waals surface area contributed by atoms with Crippen molar-refractivity contribution in [3.8, 4) is 5.75 Å². The van der Waals surface area contributed by atoms with Crippen molar-refractivity contribution in [2.24, 2.45) is 0 Å². The molecule has 7 nitrogen and oxygen atoms in total. The van der Waals surface area contributed by atoms with Crippen LogP contribution in [0.3, 0.4) is 0 Å². The van der Waals surface area contributed by atoms with Crippen LogP contribution in [-0.2, 0) is 11.4 Å². The van der Waals surface area contributed by atoms with Gasteiger partial charge in [0.15, 0.2) is 5.82 Å². The molecule has 2 aromatic carbocycles. The quantitative estimate of drug-likeness (QED) is 0.409. The van der Waals surface area contributed by atoms with Crippen molar-refractivity contribution < 1.29 is 13.9 Å². The Morgan fingerprint density at radius 2 is 2.04 bits per heavy atom. The Morgan fingerprint density at radius 3 is 2.75 bits per heavy atom. The first-order valence-electron chi connectivity index (χ1n) is 8.19. The summed E-state index contributed by atoms with van der Waals surface area (Å²) in [6.45, 7) is 1.98. The second-order valence-corrected chi connectivity index (χ2v) is 7.67. The number of benzene rings is 2. The number of aromatic nitrogens is 3. The Labute approximate surface area is 173 Å². The Hall–Kier alpha value is -2.59. The van der Waals surface area contributed by atoms with E-state index in [2.05, 4.69) is 31.4 Å². The van der Waals surface area contributed by atoms with E-state index in [1.165, 1.54) is 40.7 Å². The topological polar surface area (TPSA) is 95.1 Å². The Morgan fingerprint density at radius 1 is 1.29 bits per heavy atom. The molecule has 10 heteroatoms. The molecule has 0 radical (unpaired) electrons. The lowest BCUT2D eigenvalue weighted by molar-refractivity contribution is -0.113. The van der Waals surface area contributed by atoms with E-state index in [0.717, 1.165) is 15.7 Å². The number of amides is 1. The molecular weight excluding hydrogens is 449 g/mol. The highest BCUT2D eigenvalue weighted by Crippen LogP contribution is 2.21. The molecule has 3 rings (SSSR count). The maximum absolute atomic E-state index is 12.9. The number of halogens is 2. The zero-order chi connectivity index (χ0) is 20.1. The summed E-state index contributed by atoms with van der Waals surface area (Å²) in [6, 6.07) is 11.2. The van der Waals surface area contributed by atoms with Gasteiger partial charge in [-0.25, -0.2) is 9.07 Å². The number of hydrogen-bond donors (Lipinski definition) is 2. The van der Waals surface area contributed by atoms with E-state index in [0.29, 0.717) is 16.7 Å². The summed E-state index contributed by atoms with van der Waals surface area (Å²) in [6.07, 6.45) is 0. The molecule has 0 atom stereocenters. The molecule has 1 aromatic heterocycles. The third-order valence-corrected chi connectivity index (χ3v) is 5.15. The summed E-state index contributed by atoms with van der Waals surface area (Å²) in [5, 5.41) is 11.2. The van der Waals surface area contributed by atoms with Crippen molar-refractivity contribution in [3.05, 3.63) is 64.1 Å². The minimum atomic E-state index is -0.343. The number of hydrogen-bond acceptors (Lipinski definition) is 6. The summed E-state index contributed by atoms with van der Waals surface area (Å²) >= 11 is 4.55. The summed E-state index contributed by atoms with van der Waals surface area (Å²) in [5.41, 5.74) is 1.70. The Bertz CT molecular complexity index is 981. The molecule has 0 bridgehead atoms. The number of ether oxygens (including phenoxy) is 1. The molecule has 0 fully saturated rings. The molecule has 1 heterocycles. The largest absolute Gasteiger partial charge is 0.486 e. The molecule has 3 aromatic rings. The van der Waals surface area contributed by atoms with Gasteiger partial charge in [-0.05, 0) is 55.0 Å². The van der Waals surface area contributed by atoms with Crippen molar-refractivity contribution in [2.45, 2.75) is 18.7 Å². The number of nitrogen functional groups attached to an aromatic ring is 1. The lowest BCUT2D eigenvalue weighted by Gasteiger charge is -2.09. The lowest BCUT2D eigenvalue weighted by Crippen LogP contribution is -2.18. The third-order valence-electron chi connectivity index (χ3n) is 3.71. The molecule has 1 amide bonds. The Balaban J connectivity index is 1.53. The lowest BCUT2D eigenvalue weighted by atomic mass is 10.2. The normalized spacial score (nSPS) is 10.7. The molecule has 0 spiro atoms. The predicted molar refractivity (Wildman–Crippen MR) is 109 cm³/mol. The van der Waals surface area contributed by atoms with Crippen LogP contribution in [0.4, 0.5) is 10.1 Å². The fourth-order valence-corrected chi connectivity index (χ4v) is 3.42. The first-order valence-corrected chi connectivity index (χ1v) is 9.97. The van der Waals surface area contributed by atoms with E-state index >= 15 is 0 Å². The standard InChI is InChI=1S/C18H17BrFN5O2S/c1-11-8-12(19)2-7-15(11)22-17(26)10-28-18-24-23-16(25(18)21)9-27-14-5-3-13(20)4-6-14/h2-8H,9-10,21H2,1H3,(H,22,26). The van der Waals surface area contributed by atoms with E-state index in [4.69, 9.17) is 10.6 Å². The summed E-state index contributed by atoms with van der Waals surface area (Å²) < 4.78 is 20.6. The van der Waals surface area contributed by atoms with Gasteiger partial charge in [-0.1, -0.05) is 27.7 Å². The highest BCUT2D eigenvalue weighted by atomic mass is 79.9. The molecule has 0 unspecified atom stereocenters. The van der Waals surface area contributed by atoms with Crippen LogP contribution >= 0.6 is 27.7 Å². The number of nitrogens with zero attached hydrogens (tertiary/aromatic N) is 3. The average Bonchev–Trinajstić information content (AvgIpc) is 3.02. The zero-order valence-electron chi connectivity index (χ0n) is 14.9. The number of carbonyl (C=O) groups is 1. The van der Waals surface area contributed by atoms with Gasteiger partial charge >= 0.3 is 0 Å². The van der Waals surface area contributed by atoms with E-state index < -0.39 is 0 Å². The first-order chi connectivity index (χ1) is 13.4. The van der Waals surface area contributed by atoms with Gasteiger partial charge in [0.2, 0.25) is 11.1 Å². The van der Waals surface area contributed by atoms with Crippen LogP contribution in [-0.4, -0.2) is 26.5 Å². The minimum absolute atomic E-state index is 0.0694. The van der Waals surface area contributed by atoms with E-state index in [1.807, 2.05) is 25.1 Å². The molecule has 0 aliphatic heterocycles. The van der Waals surface area contributed by atoms with Gasteiger partial charge in [0, 0.05) is 10.2 Å². The molecular formula is C18H17BrFN5O2S. The average molecular weight is 466 g/mol. The van der Waals surface area contributed by atoms with Gasteiger partial charge < -0.3 is 15.9 Å². The van der Waals surface area contributed by atoms with Crippen LogP contribution in [0.5, 0.6) is 5.75 Å². The van der Waals surface area contributed by atoms with Crippen LogP contribution < -0.4 is 15.9 Å². The number of thioether (sulfide) groups is 1. The maximum atomic E-state index is 12.9. The minimum Gasteiger partial charge on any atom is -0.486 e. The Kier molecular flexibility index (Phi) is 6.53.